The normalized spacial score (nSPS) is 16.5. The molecule has 2 aliphatic heterocycles. The number of pyridine rings is 1. The monoisotopic (exact) mass is 531 g/mol. The number of aromatic nitrogens is 2. The summed E-state index contributed by atoms with van der Waals surface area (Å²) in [5.41, 5.74) is 4.58. The zero-order valence-electron chi connectivity index (χ0n) is 20.8. The number of hydrogen-bond donors (Lipinski definition) is 3. The Hall–Kier alpha value is -4.26. The number of carbonyl (C=O) groups excluding carboxylic acids is 2. The summed E-state index contributed by atoms with van der Waals surface area (Å²) in [5.74, 6) is 6.45. The van der Waals surface area contributed by atoms with Crippen LogP contribution in [0.15, 0.2) is 49.3 Å². The summed E-state index contributed by atoms with van der Waals surface area (Å²) in [4.78, 5) is 34.7. The number of ether oxygens (including phenoxy) is 2. The minimum atomic E-state index is -0.418. The Labute approximate surface area is 225 Å². The summed E-state index contributed by atoms with van der Waals surface area (Å²) >= 11 is 6.36. The Morgan fingerprint density at radius 3 is 3.08 bits per heavy atom. The van der Waals surface area contributed by atoms with Crippen molar-refractivity contribution in [3.8, 4) is 28.8 Å². The van der Waals surface area contributed by atoms with Crippen molar-refractivity contribution >= 4 is 34.8 Å². The van der Waals surface area contributed by atoms with E-state index in [4.69, 9.17) is 21.1 Å². The molecule has 10 heteroatoms. The van der Waals surface area contributed by atoms with Gasteiger partial charge in [-0.2, -0.15) is 0 Å². The first-order valence-corrected chi connectivity index (χ1v) is 12.5. The molecule has 3 aromatic rings. The molecule has 1 atom stereocenters. The molecule has 2 aliphatic rings. The summed E-state index contributed by atoms with van der Waals surface area (Å²) < 4.78 is 11.1. The van der Waals surface area contributed by atoms with Gasteiger partial charge in [0, 0.05) is 43.2 Å². The van der Waals surface area contributed by atoms with Gasteiger partial charge in [-0.05, 0) is 24.3 Å². The molecule has 4 heterocycles. The van der Waals surface area contributed by atoms with Gasteiger partial charge in [0.1, 0.15) is 6.04 Å². The average molecular weight is 532 g/mol. The number of para-hydroxylation sites is 1. The number of nitrogens with one attached hydrogen (secondary N) is 3. The van der Waals surface area contributed by atoms with Crippen LogP contribution in [0.3, 0.4) is 0 Å². The molecular weight excluding hydrogens is 506 g/mol. The molecule has 0 radical (unpaired) electrons. The minimum Gasteiger partial charge on any atom is -0.493 e. The lowest BCUT2D eigenvalue weighted by Crippen LogP contribution is -2.47. The van der Waals surface area contributed by atoms with Crippen molar-refractivity contribution in [2.75, 3.05) is 38.7 Å². The SMILES string of the molecule is C=CC(=O)N1CCOCC1C#Cc1cnccc1-c1[nH]c2c(c1Nc1cccc(Cl)c1OC)C(=O)NCC2. The molecule has 1 fully saturated rings. The van der Waals surface area contributed by atoms with Gasteiger partial charge >= 0.3 is 0 Å². The van der Waals surface area contributed by atoms with Crippen LogP contribution in [0, 0.1) is 11.8 Å². The van der Waals surface area contributed by atoms with Gasteiger partial charge in [0.15, 0.2) is 5.75 Å². The molecule has 1 aromatic carbocycles. The molecule has 0 aliphatic carbocycles. The van der Waals surface area contributed by atoms with Gasteiger partial charge in [-0.3, -0.25) is 14.6 Å². The van der Waals surface area contributed by atoms with Crippen molar-refractivity contribution in [2.24, 2.45) is 0 Å². The molecule has 194 valence electrons. The predicted molar refractivity (Wildman–Crippen MR) is 145 cm³/mol. The largest absolute Gasteiger partial charge is 0.493 e. The first kappa shape index (κ1) is 25.4. The van der Waals surface area contributed by atoms with E-state index in [-0.39, 0.29) is 11.8 Å². The number of morpholine rings is 1. The lowest BCUT2D eigenvalue weighted by atomic mass is 10.0. The van der Waals surface area contributed by atoms with Crippen LogP contribution in [0.4, 0.5) is 11.4 Å². The third-order valence-electron chi connectivity index (χ3n) is 6.45. The molecule has 1 unspecified atom stereocenters. The Morgan fingerprint density at radius 2 is 2.26 bits per heavy atom. The number of halogens is 1. The predicted octanol–water partition coefficient (Wildman–Crippen LogP) is 3.53. The van der Waals surface area contributed by atoms with Gasteiger partial charge in [0.25, 0.3) is 5.91 Å². The quantitative estimate of drug-likeness (QED) is 0.343. The van der Waals surface area contributed by atoms with Gasteiger partial charge in [-0.15, -0.1) is 0 Å². The maximum Gasteiger partial charge on any atom is 0.255 e. The van der Waals surface area contributed by atoms with E-state index >= 15 is 0 Å². The Balaban J connectivity index is 1.60. The van der Waals surface area contributed by atoms with Crippen LogP contribution in [-0.4, -0.2) is 66.1 Å². The Kier molecular flexibility index (Phi) is 7.36. The molecule has 0 bridgehead atoms. The number of carbonyl (C=O) groups is 2. The molecule has 5 rings (SSSR count). The highest BCUT2D eigenvalue weighted by Crippen LogP contribution is 2.41. The van der Waals surface area contributed by atoms with E-state index < -0.39 is 6.04 Å². The molecule has 9 nitrogen and oxygen atoms in total. The van der Waals surface area contributed by atoms with Gasteiger partial charge < -0.3 is 30.0 Å². The standard InChI is InChI=1S/C28H26ClN5O4/c1-3-23(35)34-13-14-38-16-18(34)8-7-17-15-30-11-9-19(17)25-26(24-21(32-25)10-12-31-28(24)36)33-22-6-4-5-20(29)27(22)37-2/h3-6,9,11,15,18,32-33H,1,10,12-14,16H2,2H3,(H,31,36). The van der Waals surface area contributed by atoms with Gasteiger partial charge in [0.05, 0.1) is 53.5 Å². The first-order chi connectivity index (χ1) is 18.5. The summed E-state index contributed by atoms with van der Waals surface area (Å²) in [6.45, 7) is 5.32. The average Bonchev–Trinajstić information content (AvgIpc) is 3.31. The third-order valence-corrected chi connectivity index (χ3v) is 6.74. The van der Waals surface area contributed by atoms with Crippen molar-refractivity contribution < 1.29 is 19.1 Å². The summed E-state index contributed by atoms with van der Waals surface area (Å²) in [6.07, 6.45) is 5.26. The fourth-order valence-corrected chi connectivity index (χ4v) is 4.88. The van der Waals surface area contributed by atoms with Crippen molar-refractivity contribution in [1.82, 2.24) is 20.2 Å². The number of fused-ring (bicyclic) bond motifs is 1. The van der Waals surface area contributed by atoms with E-state index in [1.807, 2.05) is 12.1 Å². The van der Waals surface area contributed by atoms with Crippen molar-refractivity contribution in [3.05, 3.63) is 71.2 Å². The number of H-pyrrole nitrogens is 1. The van der Waals surface area contributed by atoms with Crippen molar-refractivity contribution in [3.63, 3.8) is 0 Å². The van der Waals surface area contributed by atoms with E-state index in [1.54, 1.807) is 36.5 Å². The maximum atomic E-state index is 13.0. The number of aromatic amines is 1. The second-order valence-corrected chi connectivity index (χ2v) is 9.10. The lowest BCUT2D eigenvalue weighted by molar-refractivity contribution is -0.132. The third kappa shape index (κ3) is 4.84. The van der Waals surface area contributed by atoms with Crippen LogP contribution < -0.4 is 15.4 Å². The topological polar surface area (TPSA) is 109 Å². The fraction of sp³-hybridized carbons (Fsp3) is 0.250. The number of hydrogen-bond acceptors (Lipinski definition) is 6. The number of amides is 2. The first-order valence-electron chi connectivity index (χ1n) is 12.1. The Morgan fingerprint density at radius 1 is 1.39 bits per heavy atom. The van der Waals surface area contributed by atoms with Crippen LogP contribution in [0.25, 0.3) is 11.3 Å². The number of benzene rings is 1. The highest BCUT2D eigenvalue weighted by Gasteiger charge is 2.29. The Bertz CT molecular complexity index is 1470. The zero-order chi connectivity index (χ0) is 26.6. The molecular formula is C28H26ClN5O4. The van der Waals surface area contributed by atoms with Crippen LogP contribution in [-0.2, 0) is 16.0 Å². The number of rotatable bonds is 5. The summed E-state index contributed by atoms with van der Waals surface area (Å²) in [6, 6.07) is 6.79. The van der Waals surface area contributed by atoms with E-state index in [2.05, 4.69) is 39.0 Å². The molecule has 0 saturated carbocycles. The number of anilines is 2. The van der Waals surface area contributed by atoms with E-state index in [0.717, 1.165) is 11.3 Å². The van der Waals surface area contributed by atoms with E-state index in [1.165, 1.54) is 6.08 Å². The highest BCUT2D eigenvalue weighted by atomic mass is 35.5. The van der Waals surface area contributed by atoms with Gasteiger partial charge in [-0.1, -0.05) is 36.1 Å². The lowest BCUT2D eigenvalue weighted by Gasteiger charge is -2.31. The molecule has 2 aromatic heterocycles. The van der Waals surface area contributed by atoms with Gasteiger partial charge in [-0.25, -0.2) is 0 Å². The maximum absolute atomic E-state index is 13.0. The minimum absolute atomic E-state index is 0.183. The smallest absolute Gasteiger partial charge is 0.255 e. The molecule has 38 heavy (non-hydrogen) atoms. The fourth-order valence-electron chi connectivity index (χ4n) is 4.63. The van der Waals surface area contributed by atoms with Crippen molar-refractivity contribution in [2.45, 2.75) is 12.5 Å². The zero-order valence-corrected chi connectivity index (χ0v) is 21.5. The second-order valence-electron chi connectivity index (χ2n) is 8.70. The second kappa shape index (κ2) is 11.0. The molecule has 1 saturated heterocycles. The van der Waals surface area contributed by atoms with E-state index in [9.17, 15) is 9.59 Å². The number of methoxy groups -OCH3 is 1. The molecule has 3 N–H and O–H groups in total. The van der Waals surface area contributed by atoms with Crippen molar-refractivity contribution in [1.29, 1.82) is 0 Å². The van der Waals surface area contributed by atoms with Crippen LogP contribution in [0.5, 0.6) is 5.75 Å². The van der Waals surface area contributed by atoms with E-state index in [0.29, 0.717) is 71.7 Å². The van der Waals surface area contributed by atoms with Crippen LogP contribution >= 0.6 is 11.6 Å². The van der Waals surface area contributed by atoms with Crippen LogP contribution in [0.2, 0.25) is 5.02 Å². The summed E-state index contributed by atoms with van der Waals surface area (Å²) in [7, 11) is 1.54. The molecule has 2 amide bonds. The van der Waals surface area contributed by atoms with Gasteiger partial charge in [0.2, 0.25) is 5.91 Å². The molecule has 0 spiro atoms. The number of nitrogens with zero attached hydrogens (tertiary/aromatic N) is 2. The van der Waals surface area contributed by atoms with Crippen LogP contribution in [0.1, 0.15) is 21.6 Å². The summed E-state index contributed by atoms with van der Waals surface area (Å²) in [5, 5.41) is 6.74. The highest BCUT2D eigenvalue weighted by molar-refractivity contribution is 6.32.